The number of hydrogen-bond acceptors (Lipinski definition) is 3. The van der Waals surface area contributed by atoms with Crippen molar-refractivity contribution in [2.75, 3.05) is 19.7 Å². The van der Waals surface area contributed by atoms with Crippen molar-refractivity contribution in [1.29, 1.82) is 0 Å². The Morgan fingerprint density at radius 2 is 2.38 bits per heavy atom. The first-order valence-corrected chi connectivity index (χ1v) is 4.83. The second-order valence-electron chi connectivity index (χ2n) is 3.16. The molecule has 0 radical (unpaired) electrons. The molecule has 1 saturated heterocycles. The molecule has 5 heteroatoms. The van der Waals surface area contributed by atoms with E-state index in [4.69, 9.17) is 9.31 Å². The fourth-order valence-corrected chi connectivity index (χ4v) is 1.31. The Kier molecular flexibility index (Phi) is 8.98. The van der Waals surface area contributed by atoms with E-state index in [1.54, 1.807) is 0 Å². The summed E-state index contributed by atoms with van der Waals surface area (Å²) in [5.74, 6) is 0. The zero-order chi connectivity index (χ0) is 8.65. The van der Waals surface area contributed by atoms with Gasteiger partial charge in [0, 0.05) is 13.2 Å². The molecular weight excluding hydrogens is 188 g/mol. The Bertz CT molecular complexity index is 112. The van der Waals surface area contributed by atoms with Crippen molar-refractivity contribution < 1.29 is 9.31 Å². The molecule has 3 nitrogen and oxygen atoms in total. The third kappa shape index (κ3) is 6.33. The predicted molar refractivity (Wildman–Crippen MR) is 57.6 cm³/mol. The van der Waals surface area contributed by atoms with E-state index >= 15 is 0 Å². The maximum absolute atomic E-state index is 5.50. The molecule has 1 rings (SSSR count). The maximum Gasteiger partial charge on any atom is 0.438 e. The van der Waals surface area contributed by atoms with E-state index in [0.29, 0.717) is 13.8 Å². The fraction of sp³-hybridized carbons (Fsp3) is 1.00. The highest BCUT2D eigenvalue weighted by Crippen LogP contribution is 2.04. The second kappa shape index (κ2) is 8.82. The lowest BCUT2D eigenvalue weighted by atomic mass is 10.1. The van der Waals surface area contributed by atoms with Crippen LogP contribution in [0.5, 0.6) is 0 Å². The predicted octanol–water partition coefficient (Wildman–Crippen LogP) is 0.870. The molecule has 0 bridgehead atoms. The Hall–Kier alpha value is 0.235. The normalized spacial score (nSPS) is 22.1. The third-order valence-electron chi connectivity index (χ3n) is 1.99. The van der Waals surface area contributed by atoms with Gasteiger partial charge in [-0.25, -0.2) is 0 Å². The summed E-state index contributed by atoms with van der Waals surface area (Å²) in [6, 6.07) is 0. The molecule has 0 aromatic rings. The molecule has 1 aliphatic heterocycles. The van der Waals surface area contributed by atoms with E-state index in [2.05, 4.69) is 12.2 Å². The summed E-state index contributed by atoms with van der Waals surface area (Å²) in [7, 11) is 0.459. The van der Waals surface area contributed by atoms with Gasteiger partial charge in [0.2, 0.25) is 0 Å². The van der Waals surface area contributed by atoms with Gasteiger partial charge in [-0.05, 0) is 25.8 Å². The van der Waals surface area contributed by atoms with Crippen molar-refractivity contribution in [3.05, 3.63) is 0 Å². The Morgan fingerprint density at radius 1 is 1.54 bits per heavy atom. The van der Waals surface area contributed by atoms with Crippen LogP contribution in [-0.2, 0) is 9.31 Å². The molecule has 0 aromatic carbocycles. The van der Waals surface area contributed by atoms with Gasteiger partial charge in [0.05, 0.1) is 6.10 Å². The summed E-state index contributed by atoms with van der Waals surface area (Å²) in [5, 5.41) is 3.30. The molecule has 1 unspecified atom stereocenters. The van der Waals surface area contributed by atoms with E-state index in [-0.39, 0.29) is 12.4 Å². The number of hydrogen-bond donors (Lipinski definition) is 1. The summed E-state index contributed by atoms with van der Waals surface area (Å²) in [5.41, 5.74) is 0. The van der Waals surface area contributed by atoms with Gasteiger partial charge in [0.25, 0.3) is 0 Å². The van der Waals surface area contributed by atoms with Crippen molar-refractivity contribution in [1.82, 2.24) is 5.32 Å². The molecule has 1 heterocycles. The summed E-state index contributed by atoms with van der Waals surface area (Å²) in [4.78, 5) is 0. The Balaban J connectivity index is 0.00000144. The van der Waals surface area contributed by atoms with Crippen molar-refractivity contribution in [3.63, 3.8) is 0 Å². The summed E-state index contributed by atoms with van der Waals surface area (Å²) >= 11 is 0. The fourth-order valence-electron chi connectivity index (χ4n) is 1.31. The maximum atomic E-state index is 5.50. The van der Waals surface area contributed by atoms with Crippen molar-refractivity contribution in [2.24, 2.45) is 0 Å². The van der Waals surface area contributed by atoms with Crippen molar-refractivity contribution in [3.8, 4) is 0 Å². The minimum atomic E-state index is 0. The number of rotatable bonds is 5. The lowest BCUT2D eigenvalue weighted by molar-refractivity contribution is 0.132. The standard InChI is InChI=1S/C8H18BNO2.ClH/c1-2-6-11-9-12-8-4-3-5-10-7-8;/h8-10H,2-7H2,1H3;1H. The Morgan fingerprint density at radius 3 is 3.00 bits per heavy atom. The lowest BCUT2D eigenvalue weighted by Gasteiger charge is -2.22. The highest BCUT2D eigenvalue weighted by molar-refractivity contribution is 6.18. The smallest absolute Gasteiger partial charge is 0.414 e. The molecular formula is C8H19BClNO2. The van der Waals surface area contributed by atoms with Crippen LogP contribution in [0.4, 0.5) is 0 Å². The van der Waals surface area contributed by atoms with Crippen LogP contribution >= 0.6 is 12.4 Å². The summed E-state index contributed by atoms with van der Waals surface area (Å²) in [6.45, 7) is 5.02. The van der Waals surface area contributed by atoms with E-state index in [0.717, 1.165) is 26.1 Å². The minimum absolute atomic E-state index is 0. The average molecular weight is 208 g/mol. The molecule has 13 heavy (non-hydrogen) atoms. The number of piperidine rings is 1. The third-order valence-corrected chi connectivity index (χ3v) is 1.99. The molecule has 0 saturated carbocycles. The zero-order valence-corrected chi connectivity index (χ0v) is 9.07. The van der Waals surface area contributed by atoms with Crippen molar-refractivity contribution >= 4 is 20.1 Å². The van der Waals surface area contributed by atoms with Crippen LogP contribution in [0.3, 0.4) is 0 Å². The molecule has 0 spiro atoms. The first-order chi connectivity index (χ1) is 5.93. The zero-order valence-electron chi connectivity index (χ0n) is 8.25. The van der Waals surface area contributed by atoms with Gasteiger partial charge < -0.3 is 14.6 Å². The molecule has 1 N–H and O–H groups in total. The SMILES string of the molecule is CCCOBOC1CCCNC1.Cl. The summed E-state index contributed by atoms with van der Waals surface area (Å²) in [6.07, 6.45) is 3.82. The number of nitrogens with one attached hydrogen (secondary N) is 1. The van der Waals surface area contributed by atoms with Crippen LogP contribution in [0.15, 0.2) is 0 Å². The topological polar surface area (TPSA) is 30.5 Å². The van der Waals surface area contributed by atoms with Crippen LogP contribution in [0.1, 0.15) is 26.2 Å². The average Bonchev–Trinajstić information content (AvgIpc) is 2.14. The first-order valence-electron chi connectivity index (χ1n) is 4.83. The molecule has 1 fully saturated rings. The van der Waals surface area contributed by atoms with Crippen LogP contribution in [0.25, 0.3) is 0 Å². The van der Waals surface area contributed by atoms with Crippen LogP contribution in [0.2, 0.25) is 0 Å². The molecule has 0 aromatic heterocycles. The first kappa shape index (κ1) is 13.2. The van der Waals surface area contributed by atoms with E-state index in [1.165, 1.54) is 12.8 Å². The molecule has 0 amide bonds. The van der Waals surface area contributed by atoms with Gasteiger partial charge in [-0.1, -0.05) is 6.92 Å². The molecule has 1 aliphatic rings. The largest absolute Gasteiger partial charge is 0.438 e. The van der Waals surface area contributed by atoms with E-state index in [1.807, 2.05) is 0 Å². The number of halogens is 1. The van der Waals surface area contributed by atoms with Crippen LogP contribution in [0, 0.1) is 0 Å². The van der Waals surface area contributed by atoms with Gasteiger partial charge in [-0.15, -0.1) is 12.4 Å². The van der Waals surface area contributed by atoms with Crippen LogP contribution < -0.4 is 5.32 Å². The van der Waals surface area contributed by atoms with Crippen molar-refractivity contribution in [2.45, 2.75) is 32.3 Å². The van der Waals surface area contributed by atoms with Gasteiger partial charge in [0.1, 0.15) is 0 Å². The quantitative estimate of drug-likeness (QED) is 0.536. The van der Waals surface area contributed by atoms with E-state index in [9.17, 15) is 0 Å². The highest BCUT2D eigenvalue weighted by atomic mass is 35.5. The summed E-state index contributed by atoms with van der Waals surface area (Å²) < 4.78 is 10.7. The van der Waals surface area contributed by atoms with Gasteiger partial charge >= 0.3 is 7.69 Å². The Labute approximate surface area is 87.3 Å². The molecule has 0 aliphatic carbocycles. The molecule has 1 atom stereocenters. The van der Waals surface area contributed by atoms with Gasteiger partial charge in [-0.3, -0.25) is 0 Å². The van der Waals surface area contributed by atoms with E-state index < -0.39 is 0 Å². The van der Waals surface area contributed by atoms with Gasteiger partial charge in [0.15, 0.2) is 0 Å². The van der Waals surface area contributed by atoms with Crippen LogP contribution in [-0.4, -0.2) is 33.5 Å². The monoisotopic (exact) mass is 207 g/mol. The highest BCUT2D eigenvalue weighted by Gasteiger charge is 2.12. The van der Waals surface area contributed by atoms with Gasteiger partial charge in [-0.2, -0.15) is 0 Å². The second-order valence-corrected chi connectivity index (χ2v) is 3.16. The lowest BCUT2D eigenvalue weighted by Crippen LogP contribution is -2.36. The minimum Gasteiger partial charge on any atom is -0.414 e. The molecule has 78 valence electrons.